The van der Waals surface area contributed by atoms with Crippen LogP contribution in [0.3, 0.4) is 0 Å². The van der Waals surface area contributed by atoms with E-state index in [0.717, 1.165) is 5.06 Å². The molecule has 10 nitrogen and oxygen atoms in total. The van der Waals surface area contributed by atoms with Gasteiger partial charge in [0.1, 0.15) is 30.3 Å². The highest BCUT2D eigenvalue weighted by atomic mass is 35.6. The third-order valence-electron chi connectivity index (χ3n) is 5.37. The minimum Gasteiger partial charge on any atom is -0.456 e. The molecule has 2 aliphatic heterocycles. The largest absolute Gasteiger partial charge is 0.456 e. The lowest BCUT2D eigenvalue weighted by molar-refractivity contribution is -0.210. The van der Waals surface area contributed by atoms with E-state index < -0.39 is 62.1 Å². The molecule has 214 valence electrons. The number of ether oxygens (including phenoxy) is 2. The summed E-state index contributed by atoms with van der Waals surface area (Å²) < 4.78 is 6.27. The molecule has 1 N–H and O–H groups in total. The highest BCUT2D eigenvalue weighted by Gasteiger charge is 2.58. The van der Waals surface area contributed by atoms with Gasteiger partial charge in [0.2, 0.25) is 7.59 Å². The molecule has 3 rings (SSSR count). The van der Waals surface area contributed by atoms with Crippen molar-refractivity contribution in [3.05, 3.63) is 47.2 Å². The zero-order chi connectivity index (χ0) is 29.1. The van der Waals surface area contributed by atoms with Gasteiger partial charge in [0.15, 0.2) is 6.04 Å². The van der Waals surface area contributed by atoms with Crippen LogP contribution in [-0.2, 0) is 28.7 Å². The number of hydroxylamine groups is 2. The summed E-state index contributed by atoms with van der Waals surface area (Å²) in [6, 6.07) is 5.71. The molecule has 0 bridgehead atoms. The van der Waals surface area contributed by atoms with Crippen molar-refractivity contribution in [3.8, 4) is 0 Å². The zero-order valence-electron chi connectivity index (χ0n) is 20.2. The smallest absolute Gasteiger partial charge is 0.408 e. The van der Waals surface area contributed by atoms with Crippen molar-refractivity contribution in [1.82, 2.24) is 15.3 Å². The number of benzene rings is 1. The van der Waals surface area contributed by atoms with E-state index in [1.807, 2.05) is 0 Å². The predicted octanol–water partition coefficient (Wildman–Crippen LogP) is 4.69. The number of amides is 3. The second-order valence-corrected chi connectivity index (χ2v) is 14.3. The third kappa shape index (κ3) is 8.13. The SMILES string of the molecule is CON(C(=O)C(NC(=O)OCC(Cl)(Cl)Cl)c1ccccc1)C1C(=O)N2C(C(=O)OCC(Cl)(Cl)Cl)=C(C)CS[C@@H]12. The van der Waals surface area contributed by atoms with E-state index in [1.54, 1.807) is 37.3 Å². The molecule has 2 unspecified atom stereocenters. The average molecular weight is 684 g/mol. The van der Waals surface area contributed by atoms with E-state index in [-0.39, 0.29) is 5.70 Å². The summed E-state index contributed by atoms with van der Waals surface area (Å²) in [5, 5.41) is 2.56. The van der Waals surface area contributed by atoms with Crippen LogP contribution >= 0.6 is 81.4 Å². The summed E-state index contributed by atoms with van der Waals surface area (Å²) in [4.78, 5) is 58.7. The molecule has 0 saturated carbocycles. The zero-order valence-corrected chi connectivity index (χ0v) is 25.5. The van der Waals surface area contributed by atoms with Crippen LogP contribution in [0.2, 0.25) is 0 Å². The predicted molar refractivity (Wildman–Crippen MR) is 149 cm³/mol. The Hall–Kier alpha value is -1.31. The number of β-lactam (4-membered cyclic amide) rings is 1. The highest BCUT2D eigenvalue weighted by Crippen LogP contribution is 2.43. The fourth-order valence-electron chi connectivity index (χ4n) is 3.75. The van der Waals surface area contributed by atoms with Gasteiger partial charge >= 0.3 is 12.1 Å². The number of nitrogens with zero attached hydrogens (tertiary/aromatic N) is 2. The fraction of sp³-hybridized carbons (Fsp3) is 0.455. The first kappa shape index (κ1) is 32.2. The monoisotopic (exact) mass is 681 g/mol. The first-order valence-electron chi connectivity index (χ1n) is 10.9. The van der Waals surface area contributed by atoms with Gasteiger partial charge < -0.3 is 14.8 Å². The van der Waals surface area contributed by atoms with Crippen LogP contribution in [0.5, 0.6) is 0 Å². The van der Waals surface area contributed by atoms with Crippen LogP contribution in [0.15, 0.2) is 41.6 Å². The van der Waals surface area contributed by atoms with E-state index in [2.05, 4.69) is 5.32 Å². The van der Waals surface area contributed by atoms with Crippen molar-refractivity contribution in [3.63, 3.8) is 0 Å². The highest BCUT2D eigenvalue weighted by molar-refractivity contribution is 8.00. The van der Waals surface area contributed by atoms with Gasteiger partial charge in [-0.05, 0) is 18.1 Å². The Labute approximate surface area is 258 Å². The number of carbonyl (C=O) groups excluding carboxylic acids is 4. The molecule has 1 saturated heterocycles. The normalized spacial score (nSPS) is 20.0. The number of esters is 1. The van der Waals surface area contributed by atoms with Crippen LogP contribution in [0.4, 0.5) is 4.79 Å². The Balaban J connectivity index is 1.82. The second kappa shape index (κ2) is 13.1. The standard InChI is InChI=1S/C22H21Cl6N3O7S/c1-11-8-39-18-15(17(33)30(18)14(11)19(34)37-9-21(23,24)25)31(36-2)16(32)13(12-6-4-3-5-7-12)29-20(35)38-10-22(26,27)28/h3-7,13,15,18H,8-10H2,1-2H3,(H,29,35)/t13?,15?,18-/m0/s1. The summed E-state index contributed by atoms with van der Waals surface area (Å²) in [5.74, 6) is -1.92. The number of hydrogen-bond acceptors (Lipinski definition) is 8. The van der Waals surface area contributed by atoms with Gasteiger partial charge in [-0.2, -0.15) is 0 Å². The van der Waals surface area contributed by atoms with E-state index in [9.17, 15) is 19.2 Å². The minimum absolute atomic E-state index is 0.00855. The van der Waals surface area contributed by atoms with Crippen molar-refractivity contribution in [2.45, 2.75) is 32.0 Å². The number of carbonyl (C=O) groups is 4. The molecule has 0 aliphatic carbocycles. The Morgan fingerprint density at radius 2 is 1.67 bits per heavy atom. The molecule has 0 radical (unpaired) electrons. The van der Waals surface area contributed by atoms with E-state index in [0.29, 0.717) is 16.9 Å². The maximum Gasteiger partial charge on any atom is 0.408 e. The Morgan fingerprint density at radius 3 is 2.23 bits per heavy atom. The summed E-state index contributed by atoms with van der Waals surface area (Å²) in [5.41, 5.74) is 0.918. The van der Waals surface area contributed by atoms with Crippen molar-refractivity contribution < 1.29 is 33.5 Å². The first-order chi connectivity index (χ1) is 18.1. The molecular weight excluding hydrogens is 663 g/mol. The number of rotatable bonds is 8. The number of alkyl carbamates (subject to hydrolysis) is 1. The molecule has 17 heteroatoms. The quantitative estimate of drug-likeness (QED) is 0.182. The van der Waals surface area contributed by atoms with Crippen LogP contribution in [-0.4, -0.2) is 78.9 Å². The molecule has 3 atom stereocenters. The van der Waals surface area contributed by atoms with Gasteiger partial charge in [0.05, 0.1) is 7.11 Å². The molecule has 0 aromatic heterocycles. The second-order valence-electron chi connectivity index (χ2n) is 8.20. The van der Waals surface area contributed by atoms with E-state index >= 15 is 0 Å². The van der Waals surface area contributed by atoms with Crippen LogP contribution in [0.1, 0.15) is 18.5 Å². The van der Waals surface area contributed by atoms with Gasteiger partial charge in [-0.3, -0.25) is 19.3 Å². The molecule has 1 aromatic carbocycles. The van der Waals surface area contributed by atoms with Gasteiger partial charge in [-0.25, -0.2) is 14.7 Å². The molecule has 2 heterocycles. The van der Waals surface area contributed by atoms with Crippen LogP contribution in [0.25, 0.3) is 0 Å². The lowest BCUT2D eigenvalue weighted by Crippen LogP contribution is -2.71. The summed E-state index contributed by atoms with van der Waals surface area (Å²) in [6.07, 6.45) is -1.05. The van der Waals surface area contributed by atoms with Crippen molar-refractivity contribution in [2.75, 3.05) is 26.1 Å². The summed E-state index contributed by atoms with van der Waals surface area (Å²) in [6.45, 7) is 0.552. The maximum absolute atomic E-state index is 13.7. The van der Waals surface area contributed by atoms with Gasteiger partial charge in [-0.1, -0.05) is 99.9 Å². The number of hydrogen-bond donors (Lipinski definition) is 1. The number of alkyl halides is 6. The van der Waals surface area contributed by atoms with E-state index in [1.165, 1.54) is 23.8 Å². The number of fused-ring (bicyclic) bond motifs is 1. The Morgan fingerprint density at radius 1 is 1.08 bits per heavy atom. The van der Waals surface area contributed by atoms with E-state index in [4.69, 9.17) is 83.9 Å². The van der Waals surface area contributed by atoms with Gasteiger partial charge in [0.25, 0.3) is 11.8 Å². The van der Waals surface area contributed by atoms with Crippen molar-refractivity contribution in [2.24, 2.45) is 0 Å². The lowest BCUT2D eigenvalue weighted by atomic mass is 10.0. The number of nitrogens with one attached hydrogen (secondary N) is 1. The van der Waals surface area contributed by atoms with Crippen molar-refractivity contribution >= 4 is 105 Å². The van der Waals surface area contributed by atoms with Gasteiger partial charge in [-0.15, -0.1) is 11.8 Å². The summed E-state index contributed by atoms with van der Waals surface area (Å²) >= 11 is 35.2. The van der Waals surface area contributed by atoms with Crippen LogP contribution in [0, 0.1) is 0 Å². The Bertz CT molecular complexity index is 1150. The molecule has 39 heavy (non-hydrogen) atoms. The molecule has 1 fully saturated rings. The lowest BCUT2D eigenvalue weighted by Gasteiger charge is -2.52. The third-order valence-corrected chi connectivity index (χ3v) is 7.43. The topological polar surface area (TPSA) is 114 Å². The number of thioether (sulfide) groups is 1. The van der Waals surface area contributed by atoms with Crippen LogP contribution < -0.4 is 5.32 Å². The summed E-state index contributed by atoms with van der Waals surface area (Å²) in [7, 11) is 1.20. The minimum atomic E-state index is -1.87. The molecular formula is C22H21Cl6N3O7S. The molecule has 2 aliphatic rings. The molecule has 3 amide bonds. The molecule has 0 spiro atoms. The molecule has 1 aromatic rings. The number of halogens is 6. The Kier molecular flexibility index (Phi) is 10.8. The average Bonchev–Trinajstić information content (AvgIpc) is 2.86. The fourth-order valence-corrected chi connectivity index (χ4v) is 5.40. The first-order valence-corrected chi connectivity index (χ1v) is 14.3. The maximum atomic E-state index is 13.7. The van der Waals surface area contributed by atoms with Gasteiger partial charge in [0, 0.05) is 5.75 Å². The van der Waals surface area contributed by atoms with Crippen molar-refractivity contribution in [1.29, 1.82) is 0 Å².